The summed E-state index contributed by atoms with van der Waals surface area (Å²) in [5, 5.41) is 9.32. The summed E-state index contributed by atoms with van der Waals surface area (Å²) in [6, 6.07) is 0. The molecular formula is C9H11F3N8S. The van der Waals surface area contributed by atoms with Crippen molar-refractivity contribution in [2.45, 2.75) is 5.51 Å². The van der Waals surface area contributed by atoms with Crippen LogP contribution in [0.5, 0.6) is 0 Å². The lowest BCUT2D eigenvalue weighted by molar-refractivity contribution is -0.0327. The number of halogens is 3. The van der Waals surface area contributed by atoms with Crippen LogP contribution in [0.3, 0.4) is 0 Å². The molecule has 0 amide bonds. The highest BCUT2D eigenvalue weighted by Crippen LogP contribution is 2.29. The molecule has 0 bridgehead atoms. The van der Waals surface area contributed by atoms with E-state index < -0.39 is 5.51 Å². The third-order valence-corrected chi connectivity index (χ3v) is 2.86. The number of rotatable bonds is 6. The van der Waals surface area contributed by atoms with Crippen LogP contribution in [0.2, 0.25) is 0 Å². The second kappa shape index (κ2) is 6.56. The lowest BCUT2D eigenvalue weighted by Gasteiger charge is -2.09. The maximum Gasteiger partial charge on any atom is 0.441 e. The monoisotopic (exact) mass is 320 g/mol. The predicted molar refractivity (Wildman–Crippen MR) is 71.3 cm³/mol. The van der Waals surface area contributed by atoms with Crippen LogP contribution in [-0.2, 0) is 0 Å². The van der Waals surface area contributed by atoms with Crippen molar-refractivity contribution < 1.29 is 13.2 Å². The number of hydrogen-bond acceptors (Lipinski definition) is 8. The Balaban J connectivity index is 2.04. The molecule has 0 spiro atoms. The van der Waals surface area contributed by atoms with Gasteiger partial charge < -0.3 is 10.6 Å². The first-order valence-corrected chi connectivity index (χ1v) is 6.70. The molecule has 0 saturated carbocycles. The minimum absolute atomic E-state index is 0.0636. The van der Waals surface area contributed by atoms with Crippen LogP contribution in [0.1, 0.15) is 0 Å². The van der Waals surface area contributed by atoms with Gasteiger partial charge in [0.2, 0.25) is 11.9 Å². The quantitative estimate of drug-likeness (QED) is 0.766. The fraction of sp³-hybridized carbons (Fsp3) is 0.444. The Morgan fingerprint density at radius 2 is 2.00 bits per heavy atom. The topological polar surface area (TPSA) is 93.4 Å². The number of nitrogens with zero attached hydrogens (tertiary/aromatic N) is 6. The van der Waals surface area contributed by atoms with E-state index in [0.29, 0.717) is 0 Å². The fourth-order valence-electron chi connectivity index (χ4n) is 1.30. The number of anilines is 2. The molecule has 0 aliphatic rings. The molecule has 0 unspecified atom stereocenters. The van der Waals surface area contributed by atoms with E-state index in [1.54, 1.807) is 7.05 Å². The molecular weight excluding hydrogens is 309 g/mol. The van der Waals surface area contributed by atoms with Crippen molar-refractivity contribution in [3.63, 3.8) is 0 Å². The first-order valence-electron chi connectivity index (χ1n) is 5.71. The highest BCUT2D eigenvalue weighted by atomic mass is 32.2. The number of thioether (sulfide) groups is 1. The fourth-order valence-corrected chi connectivity index (χ4v) is 1.73. The maximum absolute atomic E-state index is 12.0. The molecule has 12 heteroatoms. The van der Waals surface area contributed by atoms with Crippen LogP contribution < -0.4 is 10.6 Å². The molecule has 0 fully saturated rings. The molecule has 2 aromatic rings. The number of aromatic nitrogens is 6. The molecule has 2 heterocycles. The molecule has 2 N–H and O–H groups in total. The minimum atomic E-state index is -4.25. The molecule has 21 heavy (non-hydrogen) atoms. The third-order valence-electron chi connectivity index (χ3n) is 2.12. The zero-order valence-electron chi connectivity index (χ0n) is 10.8. The van der Waals surface area contributed by atoms with Crippen LogP contribution in [0, 0.1) is 0 Å². The molecule has 0 radical (unpaired) electrons. The van der Waals surface area contributed by atoms with Crippen molar-refractivity contribution in [2.75, 3.05) is 30.0 Å². The van der Waals surface area contributed by atoms with E-state index in [1.807, 2.05) is 0 Å². The lowest BCUT2D eigenvalue weighted by Crippen LogP contribution is -2.14. The zero-order chi connectivity index (χ0) is 15.3. The van der Waals surface area contributed by atoms with Crippen molar-refractivity contribution >= 4 is 23.7 Å². The summed E-state index contributed by atoms with van der Waals surface area (Å²) in [4.78, 5) is 15.9. The van der Waals surface area contributed by atoms with Crippen molar-refractivity contribution in [1.29, 1.82) is 0 Å². The van der Waals surface area contributed by atoms with Gasteiger partial charge in [0.05, 0.1) is 0 Å². The van der Waals surface area contributed by atoms with Crippen molar-refractivity contribution in [1.82, 2.24) is 29.7 Å². The van der Waals surface area contributed by atoms with E-state index in [0.717, 1.165) is 0 Å². The summed E-state index contributed by atoms with van der Waals surface area (Å²) in [6.07, 6.45) is 2.72. The molecule has 0 aliphatic heterocycles. The first kappa shape index (κ1) is 15.3. The minimum Gasteiger partial charge on any atom is -0.357 e. The molecule has 2 rings (SSSR count). The Bertz CT molecular complexity index is 573. The van der Waals surface area contributed by atoms with Gasteiger partial charge in [-0.3, -0.25) is 0 Å². The predicted octanol–water partition coefficient (Wildman–Crippen LogP) is 1.16. The van der Waals surface area contributed by atoms with Gasteiger partial charge in [-0.2, -0.15) is 37.9 Å². The van der Waals surface area contributed by atoms with E-state index in [4.69, 9.17) is 0 Å². The van der Waals surface area contributed by atoms with E-state index in [-0.39, 0.29) is 41.9 Å². The lowest BCUT2D eigenvalue weighted by atomic mass is 10.7. The molecule has 0 aromatic carbocycles. The van der Waals surface area contributed by atoms with Gasteiger partial charge in [0, 0.05) is 19.3 Å². The van der Waals surface area contributed by atoms with E-state index in [2.05, 4.69) is 35.7 Å². The van der Waals surface area contributed by atoms with E-state index in [9.17, 15) is 13.2 Å². The molecule has 0 saturated heterocycles. The molecule has 8 nitrogen and oxygen atoms in total. The third kappa shape index (κ3) is 4.73. The van der Waals surface area contributed by atoms with Gasteiger partial charge in [-0.15, -0.1) is 0 Å². The number of hydrogen-bond donors (Lipinski definition) is 2. The zero-order valence-corrected chi connectivity index (χ0v) is 11.6. The van der Waals surface area contributed by atoms with Crippen molar-refractivity contribution in [3.8, 4) is 5.95 Å². The Kier molecular flexibility index (Phi) is 4.77. The summed E-state index contributed by atoms with van der Waals surface area (Å²) in [6.45, 7) is 0.0636. The summed E-state index contributed by atoms with van der Waals surface area (Å²) in [7, 11) is 1.61. The Morgan fingerprint density at radius 1 is 1.24 bits per heavy atom. The molecule has 114 valence electrons. The highest BCUT2D eigenvalue weighted by Gasteiger charge is 2.27. The standard InChI is InChI=1S/C9H11F3N8S/c1-13-6-17-7(15-2-3-21-9(10,11)12)19-8(18-6)20-5-14-4-16-20/h4-5H,2-3H2,1H3,(H2,13,15,17,18,19). The smallest absolute Gasteiger partial charge is 0.357 e. The molecule has 0 aliphatic carbocycles. The van der Waals surface area contributed by atoms with Crippen LogP contribution >= 0.6 is 11.8 Å². The summed E-state index contributed by atoms with van der Waals surface area (Å²) >= 11 is -0.112. The van der Waals surface area contributed by atoms with E-state index in [1.165, 1.54) is 17.3 Å². The molecule has 0 atom stereocenters. The van der Waals surface area contributed by atoms with Crippen LogP contribution in [-0.4, -0.2) is 54.6 Å². The van der Waals surface area contributed by atoms with Crippen molar-refractivity contribution in [2.24, 2.45) is 0 Å². The Labute approximate surface area is 121 Å². The Morgan fingerprint density at radius 3 is 2.62 bits per heavy atom. The molecule has 2 aromatic heterocycles. The summed E-state index contributed by atoms with van der Waals surface area (Å²) in [5.74, 6) is 0.477. The van der Waals surface area contributed by atoms with Gasteiger partial charge >= 0.3 is 5.51 Å². The average Bonchev–Trinajstić information content (AvgIpc) is 2.96. The maximum atomic E-state index is 12.0. The van der Waals surface area contributed by atoms with Gasteiger partial charge in [0.15, 0.2) is 0 Å². The summed E-state index contributed by atoms with van der Waals surface area (Å²) < 4.78 is 37.4. The highest BCUT2D eigenvalue weighted by molar-refractivity contribution is 8.00. The average molecular weight is 320 g/mol. The Hall–Kier alpha value is -2.11. The summed E-state index contributed by atoms with van der Waals surface area (Å²) in [5.41, 5.74) is -4.25. The van der Waals surface area contributed by atoms with Crippen LogP contribution in [0.15, 0.2) is 12.7 Å². The van der Waals surface area contributed by atoms with Gasteiger partial charge in [0.25, 0.3) is 5.95 Å². The normalized spacial score (nSPS) is 11.4. The van der Waals surface area contributed by atoms with E-state index >= 15 is 0 Å². The van der Waals surface area contributed by atoms with Gasteiger partial charge in [-0.1, -0.05) is 0 Å². The largest absolute Gasteiger partial charge is 0.441 e. The number of nitrogens with one attached hydrogen (secondary N) is 2. The second-order valence-electron chi connectivity index (χ2n) is 3.59. The van der Waals surface area contributed by atoms with Crippen molar-refractivity contribution in [3.05, 3.63) is 12.7 Å². The van der Waals surface area contributed by atoms with Crippen LogP contribution in [0.25, 0.3) is 5.95 Å². The second-order valence-corrected chi connectivity index (χ2v) is 4.75. The van der Waals surface area contributed by atoms with Gasteiger partial charge in [0.1, 0.15) is 12.7 Å². The van der Waals surface area contributed by atoms with Gasteiger partial charge in [-0.05, 0) is 11.8 Å². The number of alkyl halides is 3. The SMILES string of the molecule is CNc1nc(NCCSC(F)(F)F)nc(-n2cncn2)n1. The van der Waals surface area contributed by atoms with Gasteiger partial charge in [-0.25, -0.2) is 4.98 Å². The first-order chi connectivity index (χ1) is 9.98. The van der Waals surface area contributed by atoms with Crippen LogP contribution in [0.4, 0.5) is 25.1 Å².